The van der Waals surface area contributed by atoms with E-state index < -0.39 is 10.0 Å². The lowest BCUT2D eigenvalue weighted by Crippen LogP contribution is -2.50. The van der Waals surface area contributed by atoms with Gasteiger partial charge in [0.05, 0.1) is 17.9 Å². The molecule has 1 N–H and O–H groups in total. The molecule has 0 radical (unpaired) electrons. The summed E-state index contributed by atoms with van der Waals surface area (Å²) in [5.74, 6) is 0.194. The molecule has 0 unspecified atom stereocenters. The average Bonchev–Trinajstić information content (AvgIpc) is 3.08. The number of hydrogen-bond donors (Lipinski definition) is 1. The predicted octanol–water partition coefficient (Wildman–Crippen LogP) is 3.05. The summed E-state index contributed by atoms with van der Waals surface area (Å²) in [7, 11) is -3.42. The van der Waals surface area contributed by atoms with E-state index in [2.05, 4.69) is 11.4 Å². The zero-order valence-corrected chi connectivity index (χ0v) is 20.8. The number of nitrogens with zero attached hydrogens (tertiary/aromatic N) is 4. The van der Waals surface area contributed by atoms with Crippen molar-refractivity contribution in [1.29, 1.82) is 5.26 Å². The fraction of sp³-hybridized carbons (Fsp3) is 0.308. The molecule has 9 heteroatoms. The molecule has 1 aliphatic heterocycles. The van der Waals surface area contributed by atoms with Crippen LogP contribution in [0.3, 0.4) is 0 Å². The van der Waals surface area contributed by atoms with Crippen LogP contribution in [-0.4, -0.2) is 60.8 Å². The number of sulfonamides is 1. The standard InChI is InChI=1S/C26H29N5O3S/c1-20-21(2)31(23-11-7-4-8-12-23)26(24(20)17-27)28-25(32)18-29-13-15-30(16-14-29)35(33,34)19-22-9-5-3-6-10-22/h3-12H,13-16,18-19H2,1-2H3,(H,28,32). The van der Waals surface area contributed by atoms with Crippen LogP contribution in [-0.2, 0) is 20.6 Å². The van der Waals surface area contributed by atoms with E-state index in [4.69, 9.17) is 0 Å². The molecule has 182 valence electrons. The fourth-order valence-corrected chi connectivity index (χ4v) is 5.89. The Labute approximate surface area is 206 Å². The quantitative estimate of drug-likeness (QED) is 0.548. The minimum atomic E-state index is -3.42. The second-order valence-corrected chi connectivity index (χ2v) is 10.7. The first-order valence-corrected chi connectivity index (χ1v) is 13.1. The predicted molar refractivity (Wildman–Crippen MR) is 136 cm³/mol. The van der Waals surface area contributed by atoms with Crippen LogP contribution in [0.25, 0.3) is 5.69 Å². The third-order valence-electron chi connectivity index (χ3n) is 6.38. The van der Waals surface area contributed by atoms with Crippen LogP contribution in [0.5, 0.6) is 0 Å². The third kappa shape index (κ3) is 5.46. The molecular weight excluding hydrogens is 462 g/mol. The van der Waals surface area contributed by atoms with Crippen LogP contribution in [0.2, 0.25) is 0 Å². The molecule has 0 aliphatic carbocycles. The van der Waals surface area contributed by atoms with E-state index >= 15 is 0 Å². The van der Waals surface area contributed by atoms with E-state index in [1.807, 2.05) is 84.0 Å². The van der Waals surface area contributed by atoms with E-state index in [1.54, 1.807) is 0 Å². The number of nitriles is 1. The van der Waals surface area contributed by atoms with Gasteiger partial charge < -0.3 is 5.32 Å². The normalized spacial score (nSPS) is 15.0. The van der Waals surface area contributed by atoms with Crippen LogP contribution in [0.15, 0.2) is 60.7 Å². The highest BCUT2D eigenvalue weighted by molar-refractivity contribution is 7.88. The summed E-state index contributed by atoms with van der Waals surface area (Å²) in [5.41, 5.74) is 3.78. The number of rotatable bonds is 7. The molecule has 2 heterocycles. The number of aromatic nitrogens is 1. The van der Waals surface area contributed by atoms with Crippen molar-refractivity contribution in [3.63, 3.8) is 0 Å². The van der Waals surface area contributed by atoms with Crippen LogP contribution in [0.4, 0.5) is 5.82 Å². The molecule has 0 saturated carbocycles. The minimum Gasteiger partial charge on any atom is -0.310 e. The Hall–Kier alpha value is -3.45. The summed E-state index contributed by atoms with van der Waals surface area (Å²) in [6.07, 6.45) is 0. The third-order valence-corrected chi connectivity index (χ3v) is 8.23. The van der Waals surface area contributed by atoms with Crippen molar-refractivity contribution >= 4 is 21.7 Å². The molecule has 1 aromatic heterocycles. The SMILES string of the molecule is Cc1c(C#N)c(NC(=O)CN2CCN(S(=O)(=O)Cc3ccccc3)CC2)n(-c2ccccc2)c1C. The maximum absolute atomic E-state index is 13.0. The fourth-order valence-electron chi connectivity index (χ4n) is 4.38. The summed E-state index contributed by atoms with van der Waals surface area (Å²) >= 11 is 0. The van der Waals surface area contributed by atoms with Crippen molar-refractivity contribution in [2.45, 2.75) is 19.6 Å². The van der Waals surface area contributed by atoms with Crippen molar-refractivity contribution in [3.8, 4) is 11.8 Å². The summed E-state index contributed by atoms with van der Waals surface area (Å²) in [4.78, 5) is 14.9. The topological polar surface area (TPSA) is 98.4 Å². The van der Waals surface area contributed by atoms with Crippen LogP contribution in [0.1, 0.15) is 22.4 Å². The monoisotopic (exact) mass is 491 g/mol. The van der Waals surface area contributed by atoms with Gasteiger partial charge in [-0.2, -0.15) is 9.57 Å². The van der Waals surface area contributed by atoms with E-state index in [-0.39, 0.29) is 18.2 Å². The smallest absolute Gasteiger partial charge is 0.239 e. The van der Waals surface area contributed by atoms with Crippen molar-refractivity contribution in [2.75, 3.05) is 38.0 Å². The van der Waals surface area contributed by atoms with Gasteiger partial charge in [-0.05, 0) is 37.1 Å². The number of para-hydroxylation sites is 1. The lowest BCUT2D eigenvalue weighted by Gasteiger charge is -2.33. The first-order valence-electron chi connectivity index (χ1n) is 11.5. The van der Waals surface area contributed by atoms with Crippen molar-refractivity contribution < 1.29 is 13.2 Å². The van der Waals surface area contributed by atoms with Gasteiger partial charge in [0.2, 0.25) is 15.9 Å². The van der Waals surface area contributed by atoms with E-state index in [0.717, 1.165) is 22.5 Å². The molecule has 2 aromatic carbocycles. The number of amides is 1. The second-order valence-electron chi connectivity index (χ2n) is 8.68. The molecule has 1 aliphatic rings. The highest BCUT2D eigenvalue weighted by Crippen LogP contribution is 2.30. The van der Waals surface area contributed by atoms with Crippen LogP contribution < -0.4 is 5.32 Å². The minimum absolute atomic E-state index is 0.0273. The van der Waals surface area contributed by atoms with E-state index in [9.17, 15) is 18.5 Å². The molecule has 0 spiro atoms. The number of carbonyl (C=O) groups is 1. The van der Waals surface area contributed by atoms with Gasteiger partial charge in [0.1, 0.15) is 11.9 Å². The molecule has 8 nitrogen and oxygen atoms in total. The number of benzene rings is 2. The zero-order chi connectivity index (χ0) is 25.0. The van der Waals surface area contributed by atoms with Crippen molar-refractivity contribution in [3.05, 3.63) is 83.0 Å². The lowest BCUT2D eigenvalue weighted by atomic mass is 10.2. The first-order chi connectivity index (χ1) is 16.8. The molecule has 3 aromatic rings. The van der Waals surface area contributed by atoms with Crippen molar-refractivity contribution in [2.24, 2.45) is 0 Å². The molecule has 4 rings (SSSR count). The molecule has 1 amide bonds. The molecular formula is C26H29N5O3S. The Morgan fingerprint density at radius 1 is 0.971 bits per heavy atom. The van der Waals surface area contributed by atoms with Gasteiger partial charge in [-0.1, -0.05) is 48.5 Å². The Morgan fingerprint density at radius 3 is 2.17 bits per heavy atom. The van der Waals surface area contributed by atoms with Gasteiger partial charge in [0.15, 0.2) is 0 Å². The van der Waals surface area contributed by atoms with Gasteiger partial charge in [-0.15, -0.1) is 0 Å². The summed E-state index contributed by atoms with van der Waals surface area (Å²) in [5, 5.41) is 12.7. The average molecular weight is 492 g/mol. The summed E-state index contributed by atoms with van der Waals surface area (Å²) in [6.45, 7) is 5.52. The first kappa shape index (κ1) is 24.7. The molecule has 1 saturated heterocycles. The number of nitrogens with one attached hydrogen (secondary N) is 1. The summed E-state index contributed by atoms with van der Waals surface area (Å²) < 4.78 is 29.0. The number of carbonyl (C=O) groups excluding carboxylic acids is 1. The maximum atomic E-state index is 13.0. The maximum Gasteiger partial charge on any atom is 0.239 e. The van der Waals surface area contributed by atoms with Gasteiger partial charge >= 0.3 is 0 Å². The Bertz CT molecular complexity index is 1340. The van der Waals surface area contributed by atoms with Gasteiger partial charge in [0, 0.05) is 37.6 Å². The highest BCUT2D eigenvalue weighted by Gasteiger charge is 2.28. The van der Waals surface area contributed by atoms with Crippen molar-refractivity contribution in [1.82, 2.24) is 13.8 Å². The number of anilines is 1. The lowest BCUT2D eigenvalue weighted by molar-refractivity contribution is -0.117. The Morgan fingerprint density at radius 2 is 1.57 bits per heavy atom. The highest BCUT2D eigenvalue weighted by atomic mass is 32.2. The largest absolute Gasteiger partial charge is 0.310 e. The number of piperazine rings is 1. The molecule has 35 heavy (non-hydrogen) atoms. The van der Waals surface area contributed by atoms with E-state index in [0.29, 0.717) is 37.6 Å². The van der Waals surface area contributed by atoms with Gasteiger partial charge in [-0.25, -0.2) is 8.42 Å². The Balaban J connectivity index is 1.41. The van der Waals surface area contributed by atoms with E-state index in [1.165, 1.54) is 4.31 Å². The number of hydrogen-bond acceptors (Lipinski definition) is 5. The van der Waals surface area contributed by atoms with Crippen LogP contribution in [0, 0.1) is 25.2 Å². The zero-order valence-electron chi connectivity index (χ0n) is 19.9. The molecule has 1 fully saturated rings. The van der Waals surface area contributed by atoms with Gasteiger partial charge in [0.25, 0.3) is 0 Å². The van der Waals surface area contributed by atoms with Crippen LogP contribution >= 0.6 is 0 Å². The Kier molecular flexibility index (Phi) is 7.36. The van der Waals surface area contributed by atoms with Gasteiger partial charge in [-0.3, -0.25) is 14.3 Å². The summed E-state index contributed by atoms with van der Waals surface area (Å²) in [6, 6.07) is 21.0. The second kappa shape index (κ2) is 10.4. The molecule has 0 bridgehead atoms. The molecule has 0 atom stereocenters.